The van der Waals surface area contributed by atoms with Crippen LogP contribution in [0.15, 0.2) is 48.5 Å². The van der Waals surface area contributed by atoms with Gasteiger partial charge >= 0.3 is 0 Å². The summed E-state index contributed by atoms with van der Waals surface area (Å²) in [6, 6.07) is 14.8. The lowest BCUT2D eigenvalue weighted by Crippen LogP contribution is -2.35. The van der Waals surface area contributed by atoms with Crippen LogP contribution in [0.1, 0.15) is 38.2 Å². The van der Waals surface area contributed by atoms with Gasteiger partial charge in [-0.15, -0.1) is 0 Å². The summed E-state index contributed by atoms with van der Waals surface area (Å²) in [4.78, 5) is 25.3. The summed E-state index contributed by atoms with van der Waals surface area (Å²) in [5.41, 5.74) is 1.59. The number of hydrogen-bond donors (Lipinski definition) is 2. The van der Waals surface area contributed by atoms with E-state index in [1.54, 1.807) is 31.4 Å². The molecule has 1 aliphatic rings. The van der Waals surface area contributed by atoms with Gasteiger partial charge in [0.15, 0.2) is 0 Å². The van der Waals surface area contributed by atoms with E-state index >= 15 is 0 Å². The van der Waals surface area contributed by atoms with Crippen LogP contribution in [0, 0.1) is 5.41 Å². The molecule has 0 aromatic heterocycles. The van der Waals surface area contributed by atoms with E-state index in [0.717, 1.165) is 0 Å². The second-order valence-electron chi connectivity index (χ2n) is 7.00. The van der Waals surface area contributed by atoms with E-state index in [-0.39, 0.29) is 11.8 Å². The highest BCUT2D eigenvalue weighted by molar-refractivity contribution is 6.16. The zero-order chi connectivity index (χ0) is 18.7. The Morgan fingerprint density at radius 1 is 0.885 bits per heavy atom. The van der Waals surface area contributed by atoms with Crippen LogP contribution >= 0.6 is 0 Å². The number of ether oxygens (including phenoxy) is 1. The van der Waals surface area contributed by atoms with E-state index in [1.807, 2.05) is 24.3 Å². The summed E-state index contributed by atoms with van der Waals surface area (Å²) in [5.74, 6) is 0.635. The van der Waals surface area contributed by atoms with Gasteiger partial charge in [-0.25, -0.2) is 0 Å². The lowest BCUT2D eigenvalue weighted by Gasteiger charge is -2.16. The van der Waals surface area contributed by atoms with Gasteiger partial charge in [-0.3, -0.25) is 9.59 Å². The van der Waals surface area contributed by atoms with Gasteiger partial charge in [-0.05, 0) is 60.7 Å². The molecule has 0 bridgehead atoms. The van der Waals surface area contributed by atoms with Crippen LogP contribution in [-0.2, 0) is 9.59 Å². The van der Waals surface area contributed by atoms with Crippen molar-refractivity contribution < 1.29 is 14.3 Å². The maximum absolute atomic E-state index is 12.7. The molecule has 1 aliphatic carbocycles. The Morgan fingerprint density at radius 3 is 1.73 bits per heavy atom. The number of hydrogen-bond acceptors (Lipinski definition) is 3. The zero-order valence-electron chi connectivity index (χ0n) is 15.3. The predicted octanol–water partition coefficient (Wildman–Crippen LogP) is 4.18. The molecule has 26 heavy (non-hydrogen) atoms. The van der Waals surface area contributed by atoms with Gasteiger partial charge in [0.2, 0.25) is 11.8 Å². The van der Waals surface area contributed by atoms with Crippen LogP contribution in [0.4, 0.5) is 11.4 Å². The van der Waals surface area contributed by atoms with E-state index < -0.39 is 5.41 Å². The zero-order valence-corrected chi connectivity index (χ0v) is 15.3. The summed E-state index contributed by atoms with van der Waals surface area (Å²) in [6.45, 7) is 4.24. The van der Waals surface area contributed by atoms with Gasteiger partial charge < -0.3 is 15.4 Å². The van der Waals surface area contributed by atoms with E-state index in [2.05, 4.69) is 24.5 Å². The molecule has 5 heteroatoms. The predicted molar refractivity (Wildman–Crippen MR) is 102 cm³/mol. The fourth-order valence-corrected chi connectivity index (χ4v) is 2.81. The third-order valence-electron chi connectivity index (χ3n) is 4.80. The first kappa shape index (κ1) is 18.0. The van der Waals surface area contributed by atoms with Crippen LogP contribution in [-0.4, -0.2) is 18.9 Å². The van der Waals surface area contributed by atoms with Crippen molar-refractivity contribution in [2.24, 2.45) is 5.41 Å². The summed E-state index contributed by atoms with van der Waals surface area (Å²) in [7, 11) is 1.59. The monoisotopic (exact) mass is 352 g/mol. The maximum Gasteiger partial charge on any atom is 0.240 e. The average molecular weight is 352 g/mol. The third-order valence-corrected chi connectivity index (χ3v) is 4.80. The molecule has 0 heterocycles. The fourth-order valence-electron chi connectivity index (χ4n) is 2.81. The van der Waals surface area contributed by atoms with Gasteiger partial charge in [-0.2, -0.15) is 0 Å². The van der Waals surface area contributed by atoms with Gasteiger partial charge in [-0.1, -0.05) is 26.0 Å². The van der Waals surface area contributed by atoms with Gasteiger partial charge in [0.1, 0.15) is 11.2 Å². The van der Waals surface area contributed by atoms with Crippen LogP contribution in [0.2, 0.25) is 0 Å². The molecule has 0 spiro atoms. The molecule has 0 aliphatic heterocycles. The molecule has 2 N–H and O–H groups in total. The van der Waals surface area contributed by atoms with E-state index in [9.17, 15) is 9.59 Å². The minimum Gasteiger partial charge on any atom is -0.497 e. The number of nitrogens with one attached hydrogen (secondary N) is 2. The summed E-state index contributed by atoms with van der Waals surface area (Å²) in [5, 5.41) is 5.71. The Morgan fingerprint density at radius 2 is 1.35 bits per heavy atom. The molecule has 2 aromatic rings. The van der Waals surface area contributed by atoms with Crippen molar-refractivity contribution in [3.8, 4) is 5.75 Å². The van der Waals surface area contributed by atoms with E-state index in [0.29, 0.717) is 35.9 Å². The van der Waals surface area contributed by atoms with Crippen molar-refractivity contribution in [2.75, 3.05) is 17.7 Å². The van der Waals surface area contributed by atoms with Crippen LogP contribution in [0.5, 0.6) is 5.75 Å². The molecule has 0 atom stereocenters. The van der Waals surface area contributed by atoms with Crippen molar-refractivity contribution in [1.29, 1.82) is 0 Å². The number of rotatable bonds is 6. The molecule has 0 saturated heterocycles. The molecule has 136 valence electrons. The number of anilines is 2. The number of methoxy groups -OCH3 is 1. The minimum atomic E-state index is -0.976. The first-order valence-electron chi connectivity index (χ1n) is 8.81. The smallest absolute Gasteiger partial charge is 0.240 e. The van der Waals surface area contributed by atoms with Gasteiger partial charge in [0.25, 0.3) is 0 Å². The topological polar surface area (TPSA) is 67.4 Å². The Hall–Kier alpha value is -2.82. The lowest BCUT2D eigenvalue weighted by molar-refractivity contribution is -0.131. The molecular formula is C21H24N2O3. The molecule has 0 radical (unpaired) electrons. The maximum atomic E-state index is 12.7. The Balaban J connectivity index is 1.65. The molecule has 5 nitrogen and oxygen atoms in total. The highest BCUT2D eigenvalue weighted by Gasteiger charge is 2.56. The first-order valence-corrected chi connectivity index (χ1v) is 8.81. The van der Waals surface area contributed by atoms with Crippen LogP contribution < -0.4 is 15.4 Å². The normalized spacial score (nSPS) is 14.6. The Kier molecular flexibility index (Phi) is 4.98. The van der Waals surface area contributed by atoms with Crippen molar-refractivity contribution in [2.45, 2.75) is 32.6 Å². The van der Waals surface area contributed by atoms with Crippen LogP contribution in [0.25, 0.3) is 0 Å². The molecule has 0 unspecified atom stereocenters. The molecule has 1 fully saturated rings. The fraction of sp³-hybridized carbons (Fsp3) is 0.333. The average Bonchev–Trinajstić information content (AvgIpc) is 3.45. The quantitative estimate of drug-likeness (QED) is 0.767. The van der Waals surface area contributed by atoms with Gasteiger partial charge in [0.05, 0.1) is 7.11 Å². The summed E-state index contributed by atoms with van der Waals surface area (Å²) >= 11 is 0. The minimum absolute atomic E-state index is 0.249. The molecular weight excluding hydrogens is 328 g/mol. The highest BCUT2D eigenvalue weighted by Crippen LogP contribution is 2.47. The standard InChI is InChI=1S/C21H24N2O3/c1-14(2)15-4-6-16(7-5-15)22-19(24)21(12-13-21)20(25)23-17-8-10-18(26-3)11-9-17/h4-11,14H,12-13H2,1-3H3,(H,22,24)(H,23,25). The molecule has 2 aromatic carbocycles. The van der Waals surface area contributed by atoms with E-state index in [1.165, 1.54) is 5.56 Å². The SMILES string of the molecule is COc1ccc(NC(=O)C2(C(=O)Nc3ccc(C(C)C)cc3)CC2)cc1. The largest absolute Gasteiger partial charge is 0.497 e. The van der Waals surface area contributed by atoms with Crippen molar-refractivity contribution in [3.05, 3.63) is 54.1 Å². The van der Waals surface area contributed by atoms with Crippen molar-refractivity contribution >= 4 is 23.2 Å². The van der Waals surface area contributed by atoms with Crippen molar-refractivity contribution in [3.63, 3.8) is 0 Å². The first-order chi connectivity index (χ1) is 12.4. The Labute approximate surface area is 153 Å². The van der Waals surface area contributed by atoms with Gasteiger partial charge in [0, 0.05) is 11.4 Å². The van der Waals surface area contributed by atoms with E-state index in [4.69, 9.17) is 4.74 Å². The number of carbonyl (C=O) groups is 2. The number of carbonyl (C=O) groups excluding carboxylic acids is 2. The van der Waals surface area contributed by atoms with Crippen LogP contribution in [0.3, 0.4) is 0 Å². The Bertz CT molecular complexity index is 791. The summed E-state index contributed by atoms with van der Waals surface area (Å²) in [6.07, 6.45) is 1.12. The number of benzene rings is 2. The summed E-state index contributed by atoms with van der Waals surface area (Å²) < 4.78 is 5.10. The second kappa shape index (κ2) is 7.20. The highest BCUT2D eigenvalue weighted by atomic mass is 16.5. The second-order valence-corrected chi connectivity index (χ2v) is 7.00. The lowest BCUT2D eigenvalue weighted by atomic mass is 10.0. The molecule has 2 amide bonds. The molecule has 3 rings (SSSR count). The number of amides is 2. The molecule has 1 saturated carbocycles. The van der Waals surface area contributed by atoms with Crippen molar-refractivity contribution in [1.82, 2.24) is 0 Å². The third kappa shape index (κ3) is 3.72.